The molecule has 0 aliphatic carbocycles. The van der Waals surface area contributed by atoms with Crippen molar-refractivity contribution in [2.24, 2.45) is 5.41 Å². The fourth-order valence-electron chi connectivity index (χ4n) is 2.62. The average Bonchev–Trinajstić information content (AvgIpc) is 2.90. The normalized spacial score (nSPS) is 20.5. The van der Waals surface area contributed by atoms with Gasteiger partial charge in [-0.3, -0.25) is 0 Å². The predicted octanol–water partition coefficient (Wildman–Crippen LogP) is 3.83. The monoisotopic (exact) mass is 281 g/mol. The average molecular weight is 281 g/mol. The van der Waals surface area contributed by atoms with Gasteiger partial charge in [-0.2, -0.15) is 0 Å². The highest BCUT2D eigenvalue weighted by atomic mass is 32.1. The van der Waals surface area contributed by atoms with Gasteiger partial charge in [-0.05, 0) is 31.7 Å². The van der Waals surface area contributed by atoms with E-state index in [4.69, 9.17) is 4.98 Å². The standard InChI is InChI=1S/C15H27N3S/c1-5-15(4)7-9-18(10-8-15)14-17-13(11-19-14)12(3)16-6-2/h11-12,16H,5-10H2,1-4H3. The minimum Gasteiger partial charge on any atom is -0.348 e. The second kappa shape index (κ2) is 6.23. The molecule has 0 saturated carbocycles. The molecule has 1 aliphatic heterocycles. The molecule has 1 saturated heterocycles. The van der Waals surface area contributed by atoms with Crippen LogP contribution in [0.5, 0.6) is 0 Å². The highest BCUT2D eigenvalue weighted by Gasteiger charge is 2.29. The van der Waals surface area contributed by atoms with Crippen LogP contribution >= 0.6 is 11.3 Å². The topological polar surface area (TPSA) is 28.2 Å². The van der Waals surface area contributed by atoms with E-state index in [0.29, 0.717) is 11.5 Å². The Hall–Kier alpha value is -0.610. The lowest BCUT2D eigenvalue weighted by Crippen LogP contribution is -2.38. The van der Waals surface area contributed by atoms with Gasteiger partial charge in [-0.1, -0.05) is 27.2 Å². The van der Waals surface area contributed by atoms with Crippen LogP contribution in [0.15, 0.2) is 5.38 Å². The number of rotatable bonds is 5. The van der Waals surface area contributed by atoms with Gasteiger partial charge >= 0.3 is 0 Å². The van der Waals surface area contributed by atoms with Crippen LogP contribution in [0.2, 0.25) is 0 Å². The van der Waals surface area contributed by atoms with Gasteiger partial charge in [0.1, 0.15) is 0 Å². The summed E-state index contributed by atoms with van der Waals surface area (Å²) in [6.45, 7) is 12.4. The van der Waals surface area contributed by atoms with Crippen LogP contribution in [0.1, 0.15) is 58.7 Å². The first kappa shape index (κ1) is 14.8. The van der Waals surface area contributed by atoms with Gasteiger partial charge in [0.15, 0.2) is 5.13 Å². The molecule has 0 amide bonds. The van der Waals surface area contributed by atoms with Gasteiger partial charge in [0.25, 0.3) is 0 Å². The zero-order valence-corrected chi connectivity index (χ0v) is 13.5. The number of thiazole rings is 1. The Morgan fingerprint density at radius 1 is 1.42 bits per heavy atom. The Morgan fingerprint density at radius 2 is 2.11 bits per heavy atom. The third-order valence-corrected chi connectivity index (χ3v) is 5.48. The third kappa shape index (κ3) is 3.48. The van der Waals surface area contributed by atoms with Crippen LogP contribution in [-0.2, 0) is 0 Å². The molecule has 19 heavy (non-hydrogen) atoms. The van der Waals surface area contributed by atoms with Gasteiger partial charge in [0.2, 0.25) is 0 Å². The molecular formula is C15H27N3S. The van der Waals surface area contributed by atoms with Crippen LogP contribution < -0.4 is 10.2 Å². The van der Waals surface area contributed by atoms with Crippen molar-refractivity contribution in [1.29, 1.82) is 0 Å². The van der Waals surface area contributed by atoms with E-state index in [9.17, 15) is 0 Å². The lowest BCUT2D eigenvalue weighted by Gasteiger charge is -2.38. The van der Waals surface area contributed by atoms with Gasteiger partial charge in [0, 0.05) is 24.5 Å². The van der Waals surface area contributed by atoms with E-state index in [1.807, 2.05) is 0 Å². The maximum atomic E-state index is 4.81. The van der Waals surface area contributed by atoms with Crippen molar-refractivity contribution >= 4 is 16.5 Å². The number of nitrogens with zero attached hydrogens (tertiary/aromatic N) is 2. The van der Waals surface area contributed by atoms with Crippen molar-refractivity contribution in [2.45, 2.75) is 53.0 Å². The summed E-state index contributed by atoms with van der Waals surface area (Å²) < 4.78 is 0. The van der Waals surface area contributed by atoms with Gasteiger partial charge < -0.3 is 10.2 Å². The van der Waals surface area contributed by atoms with E-state index in [0.717, 1.165) is 19.6 Å². The maximum Gasteiger partial charge on any atom is 0.185 e. The Bertz CT molecular complexity index is 394. The van der Waals surface area contributed by atoms with Crippen LogP contribution in [0.25, 0.3) is 0 Å². The van der Waals surface area contributed by atoms with Crippen molar-refractivity contribution in [1.82, 2.24) is 10.3 Å². The van der Waals surface area contributed by atoms with Crippen LogP contribution in [-0.4, -0.2) is 24.6 Å². The number of hydrogen-bond acceptors (Lipinski definition) is 4. The zero-order valence-electron chi connectivity index (χ0n) is 12.7. The summed E-state index contributed by atoms with van der Waals surface area (Å²) >= 11 is 1.79. The lowest BCUT2D eigenvalue weighted by molar-refractivity contribution is 0.238. The molecule has 4 heteroatoms. The van der Waals surface area contributed by atoms with Crippen molar-refractivity contribution < 1.29 is 0 Å². The minimum atomic E-state index is 0.362. The maximum absolute atomic E-state index is 4.81. The van der Waals surface area contributed by atoms with Crippen molar-refractivity contribution in [2.75, 3.05) is 24.5 Å². The van der Waals surface area contributed by atoms with E-state index < -0.39 is 0 Å². The molecule has 2 heterocycles. The molecule has 108 valence electrons. The molecule has 2 rings (SSSR count). The second-order valence-electron chi connectivity index (χ2n) is 5.99. The molecule has 1 aromatic rings. The van der Waals surface area contributed by atoms with Gasteiger partial charge in [0.05, 0.1) is 5.69 Å². The summed E-state index contributed by atoms with van der Waals surface area (Å²) in [4.78, 5) is 7.27. The third-order valence-electron chi connectivity index (χ3n) is 4.56. The number of hydrogen-bond donors (Lipinski definition) is 1. The number of piperidine rings is 1. The zero-order chi connectivity index (χ0) is 13.9. The van der Waals surface area contributed by atoms with Gasteiger partial charge in [-0.25, -0.2) is 4.98 Å². The van der Waals surface area contributed by atoms with Crippen molar-refractivity contribution in [3.63, 3.8) is 0 Å². The molecule has 1 aliphatic rings. The van der Waals surface area contributed by atoms with E-state index in [2.05, 4.69) is 43.3 Å². The smallest absolute Gasteiger partial charge is 0.185 e. The molecule has 1 aromatic heterocycles. The summed E-state index contributed by atoms with van der Waals surface area (Å²) in [5.74, 6) is 0. The Labute approximate surface area is 121 Å². The molecule has 0 spiro atoms. The summed E-state index contributed by atoms with van der Waals surface area (Å²) in [7, 11) is 0. The van der Waals surface area contributed by atoms with Crippen LogP contribution in [0.3, 0.4) is 0 Å². The summed E-state index contributed by atoms with van der Waals surface area (Å²) in [6.07, 6.45) is 3.88. The molecule has 1 atom stereocenters. The quantitative estimate of drug-likeness (QED) is 0.889. The number of nitrogens with one attached hydrogen (secondary N) is 1. The SMILES string of the molecule is CCNC(C)c1csc(N2CCC(C)(CC)CC2)n1. The molecule has 1 N–H and O–H groups in total. The first-order chi connectivity index (χ1) is 9.08. The van der Waals surface area contributed by atoms with E-state index in [1.54, 1.807) is 11.3 Å². The highest BCUT2D eigenvalue weighted by molar-refractivity contribution is 7.13. The number of anilines is 1. The van der Waals surface area contributed by atoms with E-state index in [1.165, 1.54) is 30.1 Å². The molecule has 1 fully saturated rings. The predicted molar refractivity (Wildman–Crippen MR) is 84.1 cm³/mol. The Kier molecular flexibility index (Phi) is 4.85. The second-order valence-corrected chi connectivity index (χ2v) is 6.82. The molecule has 0 aromatic carbocycles. The van der Waals surface area contributed by atoms with Gasteiger partial charge in [-0.15, -0.1) is 11.3 Å². The Balaban J connectivity index is 1.97. The van der Waals surface area contributed by atoms with Crippen molar-refractivity contribution in [3.05, 3.63) is 11.1 Å². The minimum absolute atomic E-state index is 0.362. The largest absolute Gasteiger partial charge is 0.348 e. The Morgan fingerprint density at radius 3 is 2.68 bits per heavy atom. The molecule has 0 radical (unpaired) electrons. The highest BCUT2D eigenvalue weighted by Crippen LogP contribution is 2.36. The van der Waals surface area contributed by atoms with Crippen LogP contribution in [0.4, 0.5) is 5.13 Å². The molecule has 3 nitrogen and oxygen atoms in total. The lowest BCUT2D eigenvalue weighted by atomic mass is 9.78. The fourth-order valence-corrected chi connectivity index (χ4v) is 3.60. The van der Waals surface area contributed by atoms with E-state index >= 15 is 0 Å². The van der Waals surface area contributed by atoms with E-state index in [-0.39, 0.29) is 0 Å². The number of aromatic nitrogens is 1. The molecule has 0 bridgehead atoms. The fraction of sp³-hybridized carbons (Fsp3) is 0.800. The van der Waals surface area contributed by atoms with Crippen LogP contribution in [0, 0.1) is 5.41 Å². The summed E-state index contributed by atoms with van der Waals surface area (Å²) in [5, 5.41) is 6.84. The first-order valence-corrected chi connectivity index (χ1v) is 8.39. The summed E-state index contributed by atoms with van der Waals surface area (Å²) in [6, 6.07) is 0.362. The summed E-state index contributed by atoms with van der Waals surface area (Å²) in [5.41, 5.74) is 1.74. The van der Waals surface area contributed by atoms with Crippen molar-refractivity contribution in [3.8, 4) is 0 Å². The molecular weight excluding hydrogens is 254 g/mol. The first-order valence-electron chi connectivity index (χ1n) is 7.51. The molecule has 1 unspecified atom stereocenters.